The zero-order chi connectivity index (χ0) is 25.8. The van der Waals surface area contributed by atoms with Crippen LogP contribution in [0.15, 0.2) is 30.3 Å². The van der Waals surface area contributed by atoms with Crippen LogP contribution >= 0.6 is 0 Å². The lowest BCUT2D eigenvalue weighted by Crippen LogP contribution is -2.28. The number of carbonyl (C=O) groups is 1. The second kappa shape index (κ2) is 11.1. The van der Waals surface area contributed by atoms with Crippen molar-refractivity contribution < 1.29 is 17.6 Å². The van der Waals surface area contributed by atoms with Crippen LogP contribution < -0.4 is 9.62 Å². The summed E-state index contributed by atoms with van der Waals surface area (Å²) in [5.41, 5.74) is 2.45. The number of sulfonamides is 1. The molecule has 1 saturated heterocycles. The average Bonchev–Trinajstić information content (AvgIpc) is 3.06. The smallest absolute Gasteiger partial charge is 0.229 e. The van der Waals surface area contributed by atoms with Gasteiger partial charge in [-0.05, 0) is 48.6 Å². The third kappa shape index (κ3) is 7.50. The Labute approximate surface area is 209 Å². The summed E-state index contributed by atoms with van der Waals surface area (Å²) in [4.78, 5) is 20.5. The Kier molecular flexibility index (Phi) is 8.57. The van der Waals surface area contributed by atoms with Crippen molar-refractivity contribution in [1.82, 2.24) is 4.98 Å². The quantitative estimate of drug-likeness (QED) is 0.509. The molecule has 1 aliphatic heterocycles. The molecule has 2 aromatic rings. The molecule has 0 amide bonds. The van der Waals surface area contributed by atoms with Gasteiger partial charge in [0.15, 0.2) is 0 Å². The van der Waals surface area contributed by atoms with Gasteiger partial charge in [0.2, 0.25) is 10.0 Å². The molecule has 1 N–H and O–H groups in total. The molecule has 3 rings (SSSR count). The van der Waals surface area contributed by atoms with E-state index in [9.17, 15) is 17.6 Å². The Balaban J connectivity index is 1.76. The second-order valence-corrected chi connectivity index (χ2v) is 12.4. The fourth-order valence-corrected chi connectivity index (χ4v) is 4.95. The highest BCUT2D eigenvalue weighted by Crippen LogP contribution is 2.29. The predicted molar refractivity (Wildman–Crippen MR) is 140 cm³/mol. The maximum absolute atomic E-state index is 14.4. The number of pyridine rings is 1. The van der Waals surface area contributed by atoms with E-state index in [2.05, 4.69) is 42.5 Å². The summed E-state index contributed by atoms with van der Waals surface area (Å²) < 4.78 is 39.4. The first-order valence-corrected chi connectivity index (χ1v) is 14.3. The summed E-state index contributed by atoms with van der Waals surface area (Å²) in [6, 6.07) is 8.37. The molecule has 1 aromatic carbocycles. The van der Waals surface area contributed by atoms with Crippen LogP contribution in [0.1, 0.15) is 82.5 Å². The van der Waals surface area contributed by atoms with Gasteiger partial charge < -0.3 is 4.90 Å². The number of aryl methyl sites for hydroxylation is 1. The highest BCUT2D eigenvalue weighted by molar-refractivity contribution is 7.92. The summed E-state index contributed by atoms with van der Waals surface area (Å²) >= 11 is 0. The Morgan fingerprint density at radius 1 is 1.11 bits per heavy atom. The van der Waals surface area contributed by atoms with Crippen LogP contribution in [0.5, 0.6) is 0 Å². The van der Waals surface area contributed by atoms with Crippen molar-refractivity contribution in [2.75, 3.05) is 29.0 Å². The van der Waals surface area contributed by atoms with E-state index in [1.54, 1.807) is 13.0 Å². The van der Waals surface area contributed by atoms with Crippen LogP contribution in [-0.2, 0) is 26.7 Å². The van der Waals surface area contributed by atoms with Gasteiger partial charge in [0, 0.05) is 36.5 Å². The van der Waals surface area contributed by atoms with Crippen molar-refractivity contribution in [1.29, 1.82) is 0 Å². The minimum atomic E-state index is -3.58. The highest BCUT2D eigenvalue weighted by atomic mass is 32.2. The fraction of sp³-hybridized carbons (Fsp3) is 0.556. The van der Waals surface area contributed by atoms with Gasteiger partial charge in [-0.25, -0.2) is 17.8 Å². The van der Waals surface area contributed by atoms with E-state index in [-0.39, 0.29) is 16.9 Å². The van der Waals surface area contributed by atoms with Crippen molar-refractivity contribution >= 4 is 27.3 Å². The molecule has 0 bridgehead atoms. The van der Waals surface area contributed by atoms with Gasteiger partial charge in [-0.2, -0.15) is 0 Å². The maximum Gasteiger partial charge on any atom is 0.229 e. The molecule has 1 unspecified atom stereocenters. The van der Waals surface area contributed by atoms with Gasteiger partial charge in [0.25, 0.3) is 0 Å². The number of nitrogens with zero attached hydrogens (tertiary/aromatic N) is 2. The predicted octanol–water partition coefficient (Wildman–Crippen LogP) is 5.58. The topological polar surface area (TPSA) is 79.4 Å². The standard InChI is InChI=1S/C27H38FN3O3S/c1-19(21-10-13-23(22(28)18-21)30-35(5,33)34)24(32)14-11-20-12-15-25(27(2,3)4)29-26(20)31-16-8-6-7-9-17-31/h10,12-13,15,18-19,30H,6-9,11,14,16-17H2,1-5H3. The first-order valence-electron chi connectivity index (χ1n) is 12.4. The fourth-order valence-electron chi connectivity index (χ4n) is 4.39. The maximum atomic E-state index is 14.4. The number of carbonyl (C=O) groups excluding carboxylic acids is 1. The van der Waals surface area contributed by atoms with E-state index in [1.165, 1.54) is 25.0 Å². The minimum absolute atomic E-state index is 0.00920. The van der Waals surface area contributed by atoms with Crippen molar-refractivity contribution in [3.05, 3.63) is 53.0 Å². The third-order valence-electron chi connectivity index (χ3n) is 6.54. The molecule has 0 radical (unpaired) electrons. The lowest BCUT2D eigenvalue weighted by molar-refractivity contribution is -0.120. The molecule has 8 heteroatoms. The van der Waals surface area contributed by atoms with E-state index < -0.39 is 21.8 Å². The minimum Gasteiger partial charge on any atom is -0.356 e. The lowest BCUT2D eigenvalue weighted by atomic mass is 9.90. The number of Topliss-reactive ketones (excluding diaryl/α,β-unsaturated/α-hetero) is 1. The number of rotatable bonds is 8. The van der Waals surface area contributed by atoms with Crippen LogP contribution in [0.4, 0.5) is 15.9 Å². The number of anilines is 2. The normalized spacial score (nSPS) is 16.0. The highest BCUT2D eigenvalue weighted by Gasteiger charge is 2.23. The Hall–Kier alpha value is -2.48. The van der Waals surface area contributed by atoms with Gasteiger partial charge in [0.05, 0.1) is 11.9 Å². The molecule has 1 aromatic heterocycles. The first-order chi connectivity index (χ1) is 16.3. The zero-order valence-electron chi connectivity index (χ0n) is 21.5. The van der Waals surface area contributed by atoms with Crippen molar-refractivity contribution in [2.24, 2.45) is 0 Å². The molecule has 35 heavy (non-hydrogen) atoms. The van der Waals surface area contributed by atoms with E-state index in [0.717, 1.165) is 49.3 Å². The van der Waals surface area contributed by atoms with Gasteiger partial charge in [0.1, 0.15) is 17.4 Å². The molecule has 0 aliphatic carbocycles. The third-order valence-corrected chi connectivity index (χ3v) is 7.13. The molecule has 1 aliphatic rings. The zero-order valence-corrected chi connectivity index (χ0v) is 22.3. The van der Waals surface area contributed by atoms with Crippen LogP contribution in [0.25, 0.3) is 0 Å². The molecule has 6 nitrogen and oxygen atoms in total. The van der Waals surface area contributed by atoms with Crippen LogP contribution in [0, 0.1) is 5.82 Å². The van der Waals surface area contributed by atoms with Crippen LogP contribution in [-0.4, -0.2) is 38.5 Å². The number of ketones is 1. The molecule has 1 atom stereocenters. The Morgan fingerprint density at radius 2 is 1.77 bits per heavy atom. The average molecular weight is 504 g/mol. The summed E-state index contributed by atoms with van der Waals surface area (Å²) in [5.74, 6) is -0.199. The molecule has 1 fully saturated rings. The van der Waals surface area contributed by atoms with Gasteiger partial charge in [-0.1, -0.05) is 52.7 Å². The number of halogens is 1. The van der Waals surface area contributed by atoms with Crippen molar-refractivity contribution in [3.8, 4) is 0 Å². The monoisotopic (exact) mass is 503 g/mol. The lowest BCUT2D eigenvalue weighted by Gasteiger charge is -2.27. The number of nitrogens with one attached hydrogen (secondary N) is 1. The van der Waals surface area contributed by atoms with Gasteiger partial charge in [-0.15, -0.1) is 0 Å². The van der Waals surface area contributed by atoms with Crippen LogP contribution in [0.2, 0.25) is 0 Å². The van der Waals surface area contributed by atoms with Crippen molar-refractivity contribution in [2.45, 2.75) is 77.6 Å². The first kappa shape index (κ1) is 27.1. The number of hydrogen-bond acceptors (Lipinski definition) is 5. The number of benzene rings is 1. The summed E-state index contributed by atoms with van der Waals surface area (Å²) in [5, 5.41) is 0. The van der Waals surface area contributed by atoms with Crippen molar-refractivity contribution in [3.63, 3.8) is 0 Å². The van der Waals surface area contributed by atoms with Crippen LogP contribution in [0.3, 0.4) is 0 Å². The summed E-state index contributed by atoms with van der Waals surface area (Å²) in [6.07, 6.45) is 6.62. The molecule has 0 spiro atoms. The SMILES string of the molecule is CC(C(=O)CCc1ccc(C(C)(C)C)nc1N1CCCCCC1)c1ccc(NS(C)(=O)=O)c(F)c1. The van der Waals surface area contributed by atoms with E-state index in [1.807, 2.05) is 0 Å². The summed E-state index contributed by atoms with van der Waals surface area (Å²) in [6.45, 7) is 10.2. The largest absolute Gasteiger partial charge is 0.356 e. The number of hydrogen-bond donors (Lipinski definition) is 1. The molecular weight excluding hydrogens is 465 g/mol. The second-order valence-electron chi connectivity index (χ2n) is 10.6. The van der Waals surface area contributed by atoms with E-state index in [4.69, 9.17) is 4.98 Å². The van der Waals surface area contributed by atoms with E-state index >= 15 is 0 Å². The summed E-state index contributed by atoms with van der Waals surface area (Å²) in [7, 11) is -3.58. The molecular formula is C27H38FN3O3S. The molecule has 2 heterocycles. The Morgan fingerprint density at radius 3 is 2.34 bits per heavy atom. The molecule has 192 valence electrons. The van der Waals surface area contributed by atoms with Gasteiger partial charge in [-0.3, -0.25) is 9.52 Å². The molecule has 0 saturated carbocycles. The van der Waals surface area contributed by atoms with Gasteiger partial charge >= 0.3 is 0 Å². The number of aromatic nitrogens is 1. The Bertz CT molecular complexity index is 1150. The van der Waals surface area contributed by atoms with E-state index in [0.29, 0.717) is 18.4 Å².